The summed E-state index contributed by atoms with van der Waals surface area (Å²) in [5.41, 5.74) is 20.7. The van der Waals surface area contributed by atoms with Gasteiger partial charge in [0.1, 0.15) is 35.2 Å². The summed E-state index contributed by atoms with van der Waals surface area (Å²) in [6.45, 7) is 8.41. The number of benzene rings is 5. The van der Waals surface area contributed by atoms with Crippen LogP contribution >= 0.6 is 0 Å². The number of rotatable bonds is 10. The van der Waals surface area contributed by atoms with Crippen LogP contribution in [0.25, 0.3) is 56.3 Å². The largest absolute Gasteiger partial charge is 0.212 e. The number of hydrogen-bond donors (Lipinski definition) is 0. The molecule has 0 spiro atoms. The molecule has 0 aliphatic heterocycles. The third-order valence-electron chi connectivity index (χ3n) is 14.8. The zero-order chi connectivity index (χ0) is 76.6. The quantitative estimate of drug-likeness (QED) is 0.122. The standard InChI is InChI=1S/2C17H22N.C16H20N.C15H18N.C14H16N/c1-12(2)16-11-18(5)17(10-14(16)4)15-9-7-6-8-13(15)3;1-13(2)11-15-8-9-16(14(3)12-15)17-7-5-6-10-18(17)4;1-12(2)14-8-9-15(13(3)11-14)16-7-5-6-10-17(16)4;1-4-13-8-9-14(12(2)11-13)15-7-5-6-10-16(15)3;1-11-7-8-12(2)13(10-11)14-6-4-5-9-15(14)3/h6-12H,1-5H3;5-10,12-13H,11H2,1-4H3;5-12H,1-4H3;5-11H,4H2,1-3H3;4-10H,1-3H3/q5*+1/i;1D3,2D3,11D2,13D;1D3,12D;1D3,4D2;. The smallest absolute Gasteiger partial charge is 0.201 e. The molecule has 0 fully saturated rings. The van der Waals surface area contributed by atoms with Gasteiger partial charge >= 0.3 is 0 Å². The summed E-state index contributed by atoms with van der Waals surface area (Å²) in [5.74, 6) is -4.34. The molecule has 1 unspecified atom stereocenters. The molecule has 0 N–H and O–H groups in total. The van der Waals surface area contributed by atoms with E-state index in [0.29, 0.717) is 17.0 Å². The van der Waals surface area contributed by atoms with Crippen LogP contribution in [0.3, 0.4) is 0 Å². The predicted octanol–water partition coefficient (Wildman–Crippen LogP) is 17.1. The first-order chi connectivity index (χ1) is 47.1. The Kier molecular flexibility index (Phi) is 16.0. The van der Waals surface area contributed by atoms with Gasteiger partial charge in [-0.3, -0.25) is 0 Å². The van der Waals surface area contributed by atoms with Crippen molar-refractivity contribution in [3.8, 4) is 56.3 Å². The van der Waals surface area contributed by atoms with Crippen LogP contribution in [-0.4, -0.2) is 0 Å². The Morgan fingerprint density at radius 1 is 0.393 bits per heavy atom. The van der Waals surface area contributed by atoms with Gasteiger partial charge in [0.15, 0.2) is 31.0 Å². The van der Waals surface area contributed by atoms with Crippen LogP contribution in [0.4, 0.5) is 0 Å². The van der Waals surface area contributed by atoms with Crippen molar-refractivity contribution in [2.75, 3.05) is 0 Å². The molecule has 10 rings (SSSR count). The van der Waals surface area contributed by atoms with Gasteiger partial charge in [-0.05, 0) is 184 Å². The van der Waals surface area contributed by atoms with Gasteiger partial charge in [-0.1, -0.05) is 120 Å². The van der Waals surface area contributed by atoms with Crippen molar-refractivity contribution in [1.82, 2.24) is 0 Å². The van der Waals surface area contributed by atoms with E-state index in [0.717, 1.165) is 44.9 Å². The first kappa shape index (κ1) is 43.5. The van der Waals surface area contributed by atoms with Crippen LogP contribution in [0.5, 0.6) is 0 Å². The highest BCUT2D eigenvalue weighted by Crippen LogP contribution is 2.28. The van der Waals surface area contributed by atoms with Crippen molar-refractivity contribution in [2.24, 2.45) is 41.1 Å². The lowest BCUT2D eigenvalue weighted by Crippen LogP contribution is -2.32. The summed E-state index contributed by atoms with van der Waals surface area (Å²) >= 11 is 0. The zero-order valence-electron chi connectivity index (χ0n) is 69.9. The van der Waals surface area contributed by atoms with Gasteiger partial charge in [-0.15, -0.1) is 0 Å². The molecule has 0 saturated carbocycles. The molecule has 0 aliphatic rings. The normalized spacial score (nSPS) is 15.7. The molecule has 5 heteroatoms. The van der Waals surface area contributed by atoms with E-state index in [9.17, 15) is 0 Å². The average molecular weight is 1140 g/mol. The van der Waals surface area contributed by atoms with Crippen molar-refractivity contribution in [3.05, 3.63) is 268 Å². The Bertz CT molecular complexity index is 4420. The highest BCUT2D eigenvalue weighted by atomic mass is 14.9. The summed E-state index contributed by atoms with van der Waals surface area (Å²) < 4.78 is 149. The highest BCUT2D eigenvalue weighted by Gasteiger charge is 2.18. The van der Waals surface area contributed by atoms with Crippen LogP contribution in [0, 0.1) is 54.4 Å². The van der Waals surface area contributed by atoms with Gasteiger partial charge in [0.25, 0.3) is 0 Å². The minimum absolute atomic E-state index is 0.149. The molecular formula is C79H98N5+5. The summed E-state index contributed by atoms with van der Waals surface area (Å²) in [6.07, 6.45) is 4.84. The van der Waals surface area contributed by atoms with Crippen LogP contribution in [-0.2, 0) is 48.0 Å². The lowest BCUT2D eigenvalue weighted by Gasteiger charge is -2.11. The molecule has 0 aliphatic carbocycles. The average Bonchev–Trinajstić information content (AvgIpc) is 0.718. The molecule has 434 valence electrons. The summed E-state index contributed by atoms with van der Waals surface area (Å²) in [6, 6.07) is 55.9. The Morgan fingerprint density at radius 2 is 0.845 bits per heavy atom. The van der Waals surface area contributed by atoms with E-state index in [1.54, 1.807) is 37.3 Å². The fourth-order valence-electron chi connectivity index (χ4n) is 10.1. The Morgan fingerprint density at radius 3 is 1.31 bits per heavy atom. The van der Waals surface area contributed by atoms with Gasteiger partial charge in [-0.2, -0.15) is 0 Å². The number of hydrogen-bond acceptors (Lipinski definition) is 0. The van der Waals surface area contributed by atoms with Crippen molar-refractivity contribution < 1.29 is 47.5 Å². The third-order valence-corrected chi connectivity index (χ3v) is 14.8. The fraction of sp³-hybridized carbons (Fsp3) is 0.304. The monoisotopic (exact) mass is 1130 g/mol. The molecule has 1 atom stereocenters. The van der Waals surface area contributed by atoms with Crippen LogP contribution in [0.2, 0.25) is 0 Å². The van der Waals surface area contributed by atoms with Crippen molar-refractivity contribution >= 4 is 0 Å². The zero-order valence-corrected chi connectivity index (χ0v) is 51.9. The van der Waals surface area contributed by atoms with E-state index in [1.165, 1.54) is 69.4 Å². The van der Waals surface area contributed by atoms with E-state index >= 15 is 0 Å². The van der Waals surface area contributed by atoms with Gasteiger partial charge in [0.05, 0.1) is 0 Å². The van der Waals surface area contributed by atoms with E-state index in [-0.39, 0.29) is 11.1 Å². The Balaban J connectivity index is 0.000000203. The minimum atomic E-state index is -3.35. The van der Waals surface area contributed by atoms with Gasteiger partial charge in [0, 0.05) is 113 Å². The lowest BCUT2D eigenvalue weighted by atomic mass is 9.96. The maximum absolute atomic E-state index is 8.30. The van der Waals surface area contributed by atoms with Crippen LogP contribution in [0.15, 0.2) is 207 Å². The molecule has 5 nitrogen and oxygen atoms in total. The molecule has 5 aromatic heterocycles. The SMILES string of the molecule is Cc1ccc(C)c(-c2cccc[n+]2C)c1.Cc1ccccc1-c1cc(C)c(C(C)C)c[n+]1C.[2H]C([2H])([2H])C([2H])(C([2H])([2H])[2H])C([2H])([2H])c1ccc(-c2cccc[n+]2C)c(C)c1.[2H]C([2H])([2H])C([2H])(C)c1ccc(-c2cccc[n+]2C)c(C)c1.[2H]C([2H])([2H])C([2H])([2H])c1ccc(-c2cccc[n+]2C)c(C)c1. The molecule has 0 bridgehead atoms. The van der Waals surface area contributed by atoms with Crippen LogP contribution < -0.4 is 22.8 Å². The molecule has 0 saturated heterocycles. The van der Waals surface area contributed by atoms with Crippen molar-refractivity contribution in [2.45, 2.75) is 121 Å². The maximum Gasteiger partial charge on any atom is 0.212 e. The molecule has 0 radical (unpaired) electrons. The minimum Gasteiger partial charge on any atom is -0.201 e. The maximum atomic E-state index is 8.30. The number of pyridine rings is 5. The molecule has 0 amide bonds. The van der Waals surface area contributed by atoms with Crippen LogP contribution in [0.1, 0.15) is 146 Å². The number of aryl methyl sites for hydroxylation is 13. The lowest BCUT2D eigenvalue weighted by molar-refractivity contribution is -0.661. The Hall–Kier alpha value is -8.15. The number of aromatic nitrogens is 5. The molecule has 5 aromatic carbocycles. The second kappa shape index (κ2) is 30.9. The molecular weight excluding hydrogens is 1020 g/mol. The van der Waals surface area contributed by atoms with Gasteiger partial charge < -0.3 is 0 Å². The van der Waals surface area contributed by atoms with E-state index in [1.807, 2.05) is 134 Å². The first-order valence-electron chi connectivity index (χ1n) is 37.4. The first-order valence-corrected chi connectivity index (χ1v) is 28.4. The molecule has 10 aromatic rings. The fourth-order valence-corrected chi connectivity index (χ4v) is 10.1. The summed E-state index contributed by atoms with van der Waals surface area (Å²) in [4.78, 5) is 0. The topological polar surface area (TPSA) is 19.4 Å². The number of nitrogens with zero attached hydrogens (tertiary/aromatic N) is 5. The van der Waals surface area contributed by atoms with Crippen molar-refractivity contribution in [3.63, 3.8) is 0 Å². The Labute approximate surface area is 532 Å². The van der Waals surface area contributed by atoms with E-state index < -0.39 is 51.9 Å². The molecule has 84 heavy (non-hydrogen) atoms. The second-order valence-corrected chi connectivity index (χ2v) is 21.8. The van der Waals surface area contributed by atoms with Gasteiger partial charge in [0.2, 0.25) is 28.5 Å². The molecule has 5 heterocycles. The second-order valence-electron chi connectivity index (χ2n) is 21.8. The van der Waals surface area contributed by atoms with Gasteiger partial charge in [-0.25, -0.2) is 22.8 Å². The van der Waals surface area contributed by atoms with E-state index in [2.05, 4.69) is 144 Å². The van der Waals surface area contributed by atoms with E-state index in [4.69, 9.17) is 24.7 Å². The summed E-state index contributed by atoms with van der Waals surface area (Å²) in [5, 5.41) is 0. The highest BCUT2D eigenvalue weighted by molar-refractivity contribution is 5.65. The predicted molar refractivity (Wildman–Crippen MR) is 355 cm³/mol. The van der Waals surface area contributed by atoms with Crippen molar-refractivity contribution in [1.29, 1.82) is 0 Å². The third kappa shape index (κ3) is 17.7. The summed E-state index contributed by atoms with van der Waals surface area (Å²) in [7, 11) is 9.98.